The maximum Gasteiger partial charge on any atom is 0.257 e. The second-order valence-corrected chi connectivity index (χ2v) is 6.68. The number of benzene rings is 3. The minimum atomic E-state index is -1.62. The Morgan fingerprint density at radius 1 is 0.962 bits per heavy atom. The van der Waals surface area contributed by atoms with Crippen LogP contribution in [0.1, 0.15) is 27.0 Å². The zero-order chi connectivity index (χ0) is 18.3. The van der Waals surface area contributed by atoms with Crippen molar-refractivity contribution in [1.82, 2.24) is 4.90 Å². The molecule has 1 N–H and O–H groups in total. The number of fused-ring (bicyclic) bond motifs is 1. The summed E-state index contributed by atoms with van der Waals surface area (Å²) in [7, 11) is 0. The number of carbonyl (C=O) groups excluding carboxylic acids is 1. The molecule has 3 nitrogen and oxygen atoms in total. The van der Waals surface area contributed by atoms with Crippen LogP contribution in [0.4, 0.5) is 4.39 Å². The van der Waals surface area contributed by atoms with E-state index in [1.54, 1.807) is 60.7 Å². The van der Waals surface area contributed by atoms with Gasteiger partial charge in [0.2, 0.25) is 0 Å². The Labute approximate surface area is 155 Å². The van der Waals surface area contributed by atoms with Crippen LogP contribution >= 0.6 is 11.6 Å². The molecule has 0 saturated carbocycles. The molecule has 4 rings (SSSR count). The molecule has 1 aliphatic rings. The molecule has 1 atom stereocenters. The molecule has 0 aromatic heterocycles. The van der Waals surface area contributed by atoms with E-state index in [0.717, 1.165) is 5.56 Å². The third-order valence-corrected chi connectivity index (χ3v) is 4.92. The summed E-state index contributed by atoms with van der Waals surface area (Å²) in [6.45, 7) is 0.146. The summed E-state index contributed by atoms with van der Waals surface area (Å²) in [4.78, 5) is 14.4. The number of halogens is 2. The lowest BCUT2D eigenvalue weighted by Crippen LogP contribution is -2.44. The Morgan fingerprint density at radius 3 is 2.31 bits per heavy atom. The van der Waals surface area contributed by atoms with Crippen LogP contribution in [0, 0.1) is 5.82 Å². The van der Waals surface area contributed by atoms with E-state index in [-0.39, 0.29) is 18.3 Å². The fourth-order valence-electron chi connectivity index (χ4n) is 3.36. The van der Waals surface area contributed by atoms with Crippen molar-refractivity contribution in [2.24, 2.45) is 0 Å². The average molecular weight is 368 g/mol. The summed E-state index contributed by atoms with van der Waals surface area (Å²) >= 11 is 5.98. The molecule has 0 spiro atoms. The lowest BCUT2D eigenvalue weighted by molar-refractivity contribution is -0.0542. The van der Waals surface area contributed by atoms with E-state index >= 15 is 0 Å². The van der Waals surface area contributed by atoms with Gasteiger partial charge in [-0.3, -0.25) is 9.69 Å². The van der Waals surface area contributed by atoms with Gasteiger partial charge in [0.05, 0.1) is 0 Å². The van der Waals surface area contributed by atoms with E-state index in [2.05, 4.69) is 0 Å². The highest BCUT2D eigenvalue weighted by Crippen LogP contribution is 2.43. The Bertz CT molecular complexity index is 972. The maximum atomic E-state index is 13.2. The first-order valence-electron chi connectivity index (χ1n) is 8.14. The highest BCUT2D eigenvalue weighted by atomic mass is 35.5. The molecule has 3 aromatic rings. The molecule has 1 aliphatic heterocycles. The van der Waals surface area contributed by atoms with Gasteiger partial charge in [-0.25, -0.2) is 4.39 Å². The first-order valence-corrected chi connectivity index (χ1v) is 8.52. The Balaban J connectivity index is 1.84. The first-order chi connectivity index (χ1) is 12.5. The number of rotatable bonds is 3. The molecule has 0 saturated heterocycles. The highest BCUT2D eigenvalue weighted by molar-refractivity contribution is 6.30. The number of carbonyl (C=O) groups is 1. The van der Waals surface area contributed by atoms with Gasteiger partial charge in [-0.05, 0) is 35.9 Å². The number of aliphatic hydroxyl groups is 1. The quantitative estimate of drug-likeness (QED) is 0.748. The molecule has 130 valence electrons. The highest BCUT2D eigenvalue weighted by Gasteiger charge is 2.49. The van der Waals surface area contributed by atoms with Gasteiger partial charge in [0, 0.05) is 28.3 Å². The Morgan fingerprint density at radius 2 is 1.62 bits per heavy atom. The molecule has 0 radical (unpaired) electrons. The predicted octanol–water partition coefficient (Wildman–Crippen LogP) is 4.33. The van der Waals surface area contributed by atoms with Gasteiger partial charge in [-0.15, -0.1) is 0 Å². The van der Waals surface area contributed by atoms with Gasteiger partial charge in [-0.2, -0.15) is 0 Å². The van der Waals surface area contributed by atoms with Gasteiger partial charge in [0.25, 0.3) is 5.91 Å². The predicted molar refractivity (Wildman–Crippen MR) is 97.2 cm³/mol. The molecule has 0 bridgehead atoms. The summed E-state index contributed by atoms with van der Waals surface area (Å²) < 4.78 is 13.2. The van der Waals surface area contributed by atoms with Gasteiger partial charge < -0.3 is 5.11 Å². The van der Waals surface area contributed by atoms with Crippen molar-refractivity contribution < 1.29 is 14.3 Å². The summed E-state index contributed by atoms with van der Waals surface area (Å²) in [6.07, 6.45) is 0. The van der Waals surface area contributed by atoms with Crippen molar-refractivity contribution in [2.75, 3.05) is 0 Å². The number of amides is 1. The smallest absolute Gasteiger partial charge is 0.257 e. The summed E-state index contributed by atoms with van der Waals surface area (Å²) in [5, 5.41) is 12.2. The second-order valence-electron chi connectivity index (χ2n) is 6.24. The van der Waals surface area contributed by atoms with Gasteiger partial charge in [-0.1, -0.05) is 54.1 Å². The van der Waals surface area contributed by atoms with Crippen LogP contribution in [0.5, 0.6) is 0 Å². The Hall–Kier alpha value is -2.69. The van der Waals surface area contributed by atoms with E-state index in [0.29, 0.717) is 21.7 Å². The lowest BCUT2D eigenvalue weighted by atomic mass is 9.93. The van der Waals surface area contributed by atoms with Crippen molar-refractivity contribution in [3.8, 4) is 0 Å². The number of hydrogen-bond donors (Lipinski definition) is 1. The van der Waals surface area contributed by atoms with E-state index in [1.165, 1.54) is 17.0 Å². The zero-order valence-electron chi connectivity index (χ0n) is 13.7. The Kier molecular flexibility index (Phi) is 4.02. The fourth-order valence-corrected chi connectivity index (χ4v) is 3.49. The number of nitrogens with zero attached hydrogens (tertiary/aromatic N) is 1. The minimum Gasteiger partial charge on any atom is -0.363 e. The van der Waals surface area contributed by atoms with Crippen molar-refractivity contribution in [3.63, 3.8) is 0 Å². The second kappa shape index (κ2) is 6.24. The van der Waals surface area contributed by atoms with Gasteiger partial charge in [0.15, 0.2) is 5.72 Å². The third-order valence-electron chi connectivity index (χ3n) is 4.67. The van der Waals surface area contributed by atoms with Crippen molar-refractivity contribution in [2.45, 2.75) is 12.3 Å². The van der Waals surface area contributed by atoms with E-state index < -0.39 is 5.72 Å². The normalized spacial score (nSPS) is 18.9. The van der Waals surface area contributed by atoms with Gasteiger partial charge >= 0.3 is 0 Å². The molecule has 1 amide bonds. The van der Waals surface area contributed by atoms with Crippen LogP contribution in [-0.2, 0) is 12.3 Å². The van der Waals surface area contributed by atoms with Crippen LogP contribution in [-0.4, -0.2) is 15.9 Å². The molecule has 0 aliphatic carbocycles. The standard InChI is InChI=1S/C21H15ClFNO2/c22-16-9-7-15(8-10-16)21(26)19-4-2-1-3-18(19)20(25)24(21)13-14-5-11-17(23)12-6-14/h1-12,26H,13H2. The molecule has 3 aromatic carbocycles. The molecule has 0 fully saturated rings. The molecule has 26 heavy (non-hydrogen) atoms. The van der Waals surface area contributed by atoms with Crippen LogP contribution in [0.25, 0.3) is 0 Å². The molecule has 1 unspecified atom stereocenters. The minimum absolute atomic E-state index is 0.146. The van der Waals surface area contributed by atoms with Crippen molar-refractivity contribution in [3.05, 3.63) is 106 Å². The van der Waals surface area contributed by atoms with E-state index in [4.69, 9.17) is 11.6 Å². The molecule has 1 heterocycles. The SMILES string of the molecule is O=C1c2ccccc2C(O)(c2ccc(Cl)cc2)N1Cc1ccc(F)cc1. The zero-order valence-corrected chi connectivity index (χ0v) is 14.4. The first kappa shape index (κ1) is 16.8. The third kappa shape index (κ3) is 2.59. The van der Waals surface area contributed by atoms with Crippen molar-refractivity contribution >= 4 is 17.5 Å². The van der Waals surface area contributed by atoms with Crippen LogP contribution in [0.2, 0.25) is 5.02 Å². The topological polar surface area (TPSA) is 40.5 Å². The largest absolute Gasteiger partial charge is 0.363 e. The summed E-state index contributed by atoms with van der Waals surface area (Å²) in [5.41, 5.74) is 0.621. The van der Waals surface area contributed by atoms with Gasteiger partial charge in [0.1, 0.15) is 5.82 Å². The molecule has 5 heteroatoms. The fraction of sp³-hybridized carbons (Fsp3) is 0.0952. The molecular formula is C21H15ClFNO2. The summed E-state index contributed by atoms with van der Waals surface area (Å²) in [6, 6.07) is 19.6. The lowest BCUT2D eigenvalue weighted by Gasteiger charge is -2.35. The molecular weight excluding hydrogens is 353 g/mol. The van der Waals surface area contributed by atoms with Crippen LogP contribution in [0.3, 0.4) is 0 Å². The monoisotopic (exact) mass is 367 g/mol. The summed E-state index contributed by atoms with van der Waals surface area (Å²) in [5.74, 6) is -0.625. The van der Waals surface area contributed by atoms with Crippen LogP contribution in [0.15, 0.2) is 72.8 Å². The van der Waals surface area contributed by atoms with E-state index in [9.17, 15) is 14.3 Å². The maximum absolute atomic E-state index is 13.2. The average Bonchev–Trinajstić information content (AvgIpc) is 2.87. The van der Waals surface area contributed by atoms with Crippen molar-refractivity contribution in [1.29, 1.82) is 0 Å². The number of hydrogen-bond acceptors (Lipinski definition) is 2. The van der Waals surface area contributed by atoms with E-state index in [1.807, 2.05) is 0 Å². The van der Waals surface area contributed by atoms with Crippen LogP contribution < -0.4 is 0 Å².